The van der Waals surface area contributed by atoms with Crippen molar-refractivity contribution in [1.29, 1.82) is 0 Å². The second-order valence-electron chi connectivity index (χ2n) is 3.88. The molecule has 0 atom stereocenters. The van der Waals surface area contributed by atoms with Crippen LogP contribution in [0, 0.1) is 0 Å². The van der Waals surface area contributed by atoms with Crippen LogP contribution in [0.4, 0.5) is 0 Å². The van der Waals surface area contributed by atoms with Crippen molar-refractivity contribution in [2.45, 2.75) is 12.8 Å². The Bertz CT molecular complexity index is 284. The molecule has 0 aliphatic carbocycles. The van der Waals surface area contributed by atoms with Crippen LogP contribution in [0.3, 0.4) is 0 Å². The summed E-state index contributed by atoms with van der Waals surface area (Å²) < 4.78 is 0. The maximum Gasteiger partial charge on any atom is 0.0558 e. The molecule has 16 heavy (non-hydrogen) atoms. The van der Waals surface area contributed by atoms with E-state index in [0.29, 0.717) is 0 Å². The average molecular weight is 219 g/mol. The van der Waals surface area contributed by atoms with Crippen LogP contribution in [0.25, 0.3) is 0 Å². The highest BCUT2D eigenvalue weighted by atomic mass is 16.3. The minimum atomic E-state index is 0.228. The summed E-state index contributed by atoms with van der Waals surface area (Å²) in [6.07, 6.45) is 3.94. The highest BCUT2D eigenvalue weighted by Crippen LogP contribution is 2.02. The van der Waals surface area contributed by atoms with Gasteiger partial charge in [0.2, 0.25) is 0 Å². The van der Waals surface area contributed by atoms with Crippen molar-refractivity contribution in [1.82, 2.24) is 4.90 Å². The Hall–Kier alpha value is -1.12. The van der Waals surface area contributed by atoms with Crippen LogP contribution in [0.2, 0.25) is 0 Å². The highest BCUT2D eigenvalue weighted by molar-refractivity contribution is 5.14. The fourth-order valence-electron chi connectivity index (χ4n) is 1.68. The molecule has 1 N–H and O–H groups in total. The van der Waals surface area contributed by atoms with Crippen LogP contribution in [0.15, 0.2) is 43.0 Å². The van der Waals surface area contributed by atoms with E-state index in [1.807, 2.05) is 12.1 Å². The summed E-state index contributed by atoms with van der Waals surface area (Å²) in [4.78, 5) is 2.27. The summed E-state index contributed by atoms with van der Waals surface area (Å²) in [7, 11) is 0. The molecule has 0 aliphatic rings. The molecular formula is C14H21NO. The molecule has 2 heteroatoms. The van der Waals surface area contributed by atoms with E-state index in [4.69, 9.17) is 5.11 Å². The molecule has 0 aromatic heterocycles. The van der Waals surface area contributed by atoms with E-state index in [2.05, 4.69) is 35.7 Å². The molecule has 0 heterocycles. The second-order valence-corrected chi connectivity index (χ2v) is 3.88. The van der Waals surface area contributed by atoms with Gasteiger partial charge in [-0.25, -0.2) is 0 Å². The summed E-state index contributed by atoms with van der Waals surface area (Å²) in [6, 6.07) is 10.5. The predicted octanol–water partition coefficient (Wildman–Crippen LogP) is 2.10. The van der Waals surface area contributed by atoms with E-state index in [9.17, 15) is 0 Å². The van der Waals surface area contributed by atoms with Gasteiger partial charge in [0.05, 0.1) is 6.61 Å². The molecule has 0 aliphatic heterocycles. The molecule has 1 rings (SSSR count). The number of benzene rings is 1. The molecule has 0 spiro atoms. The van der Waals surface area contributed by atoms with Crippen molar-refractivity contribution in [3.63, 3.8) is 0 Å². The number of nitrogens with zero attached hydrogens (tertiary/aromatic N) is 1. The van der Waals surface area contributed by atoms with Crippen LogP contribution < -0.4 is 0 Å². The second kappa shape index (κ2) is 8.08. The van der Waals surface area contributed by atoms with Gasteiger partial charge in [0.25, 0.3) is 0 Å². The first-order valence-corrected chi connectivity index (χ1v) is 5.85. The van der Waals surface area contributed by atoms with Gasteiger partial charge in [-0.1, -0.05) is 36.4 Å². The zero-order chi connectivity index (χ0) is 11.6. The molecule has 0 saturated carbocycles. The third-order valence-corrected chi connectivity index (χ3v) is 2.63. The van der Waals surface area contributed by atoms with E-state index in [0.717, 1.165) is 32.5 Å². The zero-order valence-electron chi connectivity index (χ0n) is 9.81. The van der Waals surface area contributed by atoms with Crippen LogP contribution in [0.5, 0.6) is 0 Å². The summed E-state index contributed by atoms with van der Waals surface area (Å²) in [6.45, 7) is 6.68. The van der Waals surface area contributed by atoms with Crippen molar-refractivity contribution in [2.75, 3.05) is 26.2 Å². The largest absolute Gasteiger partial charge is 0.395 e. The van der Waals surface area contributed by atoms with Gasteiger partial charge in [-0.05, 0) is 18.4 Å². The third kappa shape index (κ3) is 5.10. The predicted molar refractivity (Wildman–Crippen MR) is 68.5 cm³/mol. The number of aliphatic hydroxyl groups excluding tert-OH is 1. The van der Waals surface area contributed by atoms with Crippen LogP contribution >= 0.6 is 0 Å². The first-order valence-electron chi connectivity index (χ1n) is 5.85. The lowest BCUT2D eigenvalue weighted by molar-refractivity contribution is 0.199. The number of hydrogen-bond donors (Lipinski definition) is 1. The SMILES string of the molecule is C=CCCN(CCO)CCc1ccccc1. The molecule has 0 fully saturated rings. The standard InChI is InChI=1S/C14H21NO/c1-2-3-10-15(12-13-16)11-9-14-7-5-4-6-8-14/h2,4-8,16H,1,3,9-13H2. The molecule has 1 aromatic carbocycles. The summed E-state index contributed by atoms with van der Waals surface area (Å²) in [5.41, 5.74) is 1.35. The maximum absolute atomic E-state index is 8.97. The quantitative estimate of drug-likeness (QED) is 0.677. The molecule has 0 unspecified atom stereocenters. The van der Waals surface area contributed by atoms with Gasteiger partial charge >= 0.3 is 0 Å². The normalized spacial score (nSPS) is 10.6. The molecule has 2 nitrogen and oxygen atoms in total. The number of rotatable bonds is 8. The van der Waals surface area contributed by atoms with Crippen LogP contribution in [0.1, 0.15) is 12.0 Å². The molecular weight excluding hydrogens is 198 g/mol. The third-order valence-electron chi connectivity index (χ3n) is 2.63. The van der Waals surface area contributed by atoms with E-state index in [-0.39, 0.29) is 6.61 Å². The number of hydrogen-bond acceptors (Lipinski definition) is 2. The summed E-state index contributed by atoms with van der Waals surface area (Å²) in [5, 5.41) is 8.97. The zero-order valence-corrected chi connectivity index (χ0v) is 9.81. The van der Waals surface area contributed by atoms with Gasteiger partial charge in [-0.2, -0.15) is 0 Å². The van der Waals surface area contributed by atoms with E-state index in [1.54, 1.807) is 0 Å². The number of aliphatic hydroxyl groups is 1. The maximum atomic E-state index is 8.97. The van der Waals surface area contributed by atoms with Gasteiger partial charge in [0.1, 0.15) is 0 Å². The fraction of sp³-hybridized carbons (Fsp3) is 0.429. The Balaban J connectivity index is 2.34. The highest BCUT2D eigenvalue weighted by Gasteiger charge is 2.03. The minimum absolute atomic E-state index is 0.228. The Morgan fingerprint density at radius 2 is 1.88 bits per heavy atom. The lowest BCUT2D eigenvalue weighted by Gasteiger charge is -2.20. The lowest BCUT2D eigenvalue weighted by atomic mass is 10.1. The van der Waals surface area contributed by atoms with Crippen molar-refractivity contribution < 1.29 is 5.11 Å². The van der Waals surface area contributed by atoms with E-state index < -0.39 is 0 Å². The molecule has 0 amide bonds. The average Bonchev–Trinajstić information content (AvgIpc) is 2.34. The van der Waals surface area contributed by atoms with Gasteiger partial charge in [-0.15, -0.1) is 6.58 Å². The summed E-state index contributed by atoms with van der Waals surface area (Å²) >= 11 is 0. The van der Waals surface area contributed by atoms with Gasteiger partial charge < -0.3 is 10.0 Å². The fourth-order valence-corrected chi connectivity index (χ4v) is 1.68. The van der Waals surface area contributed by atoms with Gasteiger partial charge in [0.15, 0.2) is 0 Å². The Morgan fingerprint density at radius 1 is 1.12 bits per heavy atom. The van der Waals surface area contributed by atoms with Gasteiger partial charge in [-0.3, -0.25) is 0 Å². The van der Waals surface area contributed by atoms with Crippen molar-refractivity contribution >= 4 is 0 Å². The smallest absolute Gasteiger partial charge is 0.0558 e. The van der Waals surface area contributed by atoms with Crippen LogP contribution in [-0.2, 0) is 6.42 Å². The molecule has 88 valence electrons. The molecule has 1 aromatic rings. The molecule has 0 bridgehead atoms. The molecule has 0 radical (unpaired) electrons. The first-order chi connectivity index (χ1) is 7.86. The topological polar surface area (TPSA) is 23.5 Å². The van der Waals surface area contributed by atoms with E-state index >= 15 is 0 Å². The summed E-state index contributed by atoms with van der Waals surface area (Å²) in [5.74, 6) is 0. The first kappa shape index (κ1) is 12.9. The van der Waals surface area contributed by atoms with Crippen molar-refractivity contribution in [3.05, 3.63) is 48.6 Å². The minimum Gasteiger partial charge on any atom is -0.395 e. The molecule has 0 saturated heterocycles. The van der Waals surface area contributed by atoms with Crippen molar-refractivity contribution in [2.24, 2.45) is 0 Å². The van der Waals surface area contributed by atoms with E-state index in [1.165, 1.54) is 5.56 Å². The van der Waals surface area contributed by atoms with Crippen LogP contribution in [-0.4, -0.2) is 36.2 Å². The Kier molecular flexibility index (Phi) is 6.54. The Labute approximate surface area is 98.2 Å². The monoisotopic (exact) mass is 219 g/mol. The lowest BCUT2D eigenvalue weighted by Crippen LogP contribution is -2.29. The van der Waals surface area contributed by atoms with Gasteiger partial charge in [0, 0.05) is 19.6 Å². The van der Waals surface area contributed by atoms with Crippen molar-refractivity contribution in [3.8, 4) is 0 Å². The Morgan fingerprint density at radius 3 is 2.50 bits per heavy atom.